The molecule has 6 nitrogen and oxygen atoms in total. The van der Waals surface area contributed by atoms with Crippen LogP contribution in [-0.4, -0.2) is 65.9 Å². The van der Waals surface area contributed by atoms with E-state index in [0.29, 0.717) is 30.2 Å². The van der Waals surface area contributed by atoms with Crippen molar-refractivity contribution in [3.63, 3.8) is 0 Å². The molecule has 2 bridgehead atoms. The molecule has 0 aromatic carbocycles. The van der Waals surface area contributed by atoms with Crippen LogP contribution in [0.5, 0.6) is 0 Å². The lowest BCUT2D eigenvalue weighted by Crippen LogP contribution is -2.46. The molecule has 0 unspecified atom stereocenters. The van der Waals surface area contributed by atoms with Crippen LogP contribution in [0.3, 0.4) is 0 Å². The van der Waals surface area contributed by atoms with Crippen molar-refractivity contribution < 1.29 is 9.59 Å². The summed E-state index contributed by atoms with van der Waals surface area (Å²) in [6, 6.07) is 4.11. The molecular formula is C24H30N4O2. The Morgan fingerprint density at radius 3 is 2.20 bits per heavy atom. The second-order valence-electron chi connectivity index (χ2n) is 9.73. The van der Waals surface area contributed by atoms with E-state index in [1.807, 2.05) is 18.5 Å². The van der Waals surface area contributed by atoms with Crippen LogP contribution in [0.4, 0.5) is 5.69 Å². The summed E-state index contributed by atoms with van der Waals surface area (Å²) in [4.78, 5) is 36.8. The minimum atomic E-state index is -0.0446. The lowest BCUT2D eigenvalue weighted by molar-refractivity contribution is -0.140. The van der Waals surface area contributed by atoms with Crippen LogP contribution < -0.4 is 4.90 Å². The Morgan fingerprint density at radius 1 is 0.900 bits per heavy atom. The average molecular weight is 407 g/mol. The topological polar surface area (TPSA) is 56.8 Å². The summed E-state index contributed by atoms with van der Waals surface area (Å²) in [5.41, 5.74) is 1.20. The van der Waals surface area contributed by atoms with Gasteiger partial charge in [0.05, 0.1) is 23.7 Å². The molecule has 2 saturated heterocycles. The fourth-order valence-electron chi connectivity index (χ4n) is 6.61. The Morgan fingerprint density at radius 2 is 1.57 bits per heavy atom. The first-order valence-electron chi connectivity index (χ1n) is 11.6. The number of hydrogen-bond acceptors (Lipinski definition) is 5. The van der Waals surface area contributed by atoms with Crippen LogP contribution in [0.15, 0.2) is 36.7 Å². The number of hydrogen-bond donors (Lipinski definition) is 0. The van der Waals surface area contributed by atoms with Crippen molar-refractivity contribution in [3.05, 3.63) is 36.7 Å². The molecule has 6 atom stereocenters. The molecule has 0 radical (unpaired) electrons. The van der Waals surface area contributed by atoms with Crippen LogP contribution in [0.1, 0.15) is 19.3 Å². The molecule has 6 aliphatic rings. The standard InChI is InChI=1S/C24H30N4O2/c29-23-21-17-5-6-18(20-14-19(17)20)22(21)24(30)28(23)9-2-1-8-26-10-12-27(13-11-26)16-4-3-7-25-15-16/h3-7,15,17-22H,1-2,8-14H2/t17-,18-,19-,20-,21-,22+/m0/s1. The van der Waals surface area contributed by atoms with Gasteiger partial charge in [-0.3, -0.25) is 24.4 Å². The Hall–Kier alpha value is -2.21. The van der Waals surface area contributed by atoms with Gasteiger partial charge in [0, 0.05) is 38.9 Å². The van der Waals surface area contributed by atoms with Gasteiger partial charge in [-0.25, -0.2) is 0 Å². The number of anilines is 1. The van der Waals surface area contributed by atoms with E-state index >= 15 is 0 Å². The van der Waals surface area contributed by atoms with Crippen LogP contribution in [0.2, 0.25) is 0 Å². The smallest absolute Gasteiger partial charge is 0.233 e. The number of pyridine rings is 1. The number of imide groups is 1. The maximum Gasteiger partial charge on any atom is 0.233 e. The molecule has 2 aliphatic heterocycles. The van der Waals surface area contributed by atoms with Crippen molar-refractivity contribution >= 4 is 17.5 Å². The summed E-state index contributed by atoms with van der Waals surface area (Å²) in [5.74, 6) is 2.20. The van der Waals surface area contributed by atoms with Crippen LogP contribution in [0, 0.1) is 35.5 Å². The minimum absolute atomic E-state index is 0.0446. The molecule has 4 aliphatic carbocycles. The van der Waals surface area contributed by atoms with Crippen molar-refractivity contribution in [1.29, 1.82) is 0 Å². The summed E-state index contributed by atoms with van der Waals surface area (Å²) < 4.78 is 0. The number of aromatic nitrogens is 1. The van der Waals surface area contributed by atoms with E-state index in [-0.39, 0.29) is 23.7 Å². The Kier molecular flexibility index (Phi) is 4.44. The highest BCUT2D eigenvalue weighted by Gasteiger charge is 2.66. The molecule has 4 fully saturated rings. The summed E-state index contributed by atoms with van der Waals surface area (Å²) in [5, 5.41) is 0. The second kappa shape index (κ2) is 7.19. The number of allylic oxidation sites excluding steroid dienone is 2. The SMILES string of the molecule is O=C1[C@@H]2[C@H]3C=C[C@@H]([C@@H]4C[C@@H]34)[C@@H]2C(=O)N1CCCCN1CCN(c2cccnc2)CC1. The van der Waals surface area contributed by atoms with E-state index in [9.17, 15) is 9.59 Å². The van der Waals surface area contributed by atoms with Gasteiger partial charge in [0.1, 0.15) is 0 Å². The van der Waals surface area contributed by atoms with Gasteiger partial charge in [-0.15, -0.1) is 0 Å². The van der Waals surface area contributed by atoms with E-state index in [1.54, 1.807) is 4.90 Å². The van der Waals surface area contributed by atoms with Gasteiger partial charge in [-0.2, -0.15) is 0 Å². The molecule has 158 valence electrons. The van der Waals surface area contributed by atoms with E-state index in [2.05, 4.69) is 33.0 Å². The van der Waals surface area contributed by atoms with Gasteiger partial charge in [0.2, 0.25) is 11.8 Å². The monoisotopic (exact) mass is 406 g/mol. The molecule has 7 rings (SSSR count). The summed E-state index contributed by atoms with van der Waals surface area (Å²) in [6.45, 7) is 5.80. The Labute approximate surface area is 177 Å². The van der Waals surface area contributed by atoms with E-state index in [4.69, 9.17) is 0 Å². The highest BCUT2D eigenvalue weighted by atomic mass is 16.2. The fraction of sp³-hybridized carbons (Fsp3) is 0.625. The average Bonchev–Trinajstić information content (AvgIpc) is 3.57. The van der Waals surface area contributed by atoms with E-state index < -0.39 is 0 Å². The normalized spacial score (nSPS) is 36.9. The number of carbonyl (C=O) groups is 2. The van der Waals surface area contributed by atoms with E-state index in [1.165, 1.54) is 12.1 Å². The molecule has 2 amide bonds. The molecule has 6 heteroatoms. The molecule has 1 aromatic heterocycles. The van der Waals surface area contributed by atoms with Gasteiger partial charge in [0.15, 0.2) is 0 Å². The molecule has 1 aromatic rings. The zero-order valence-corrected chi connectivity index (χ0v) is 17.4. The van der Waals surface area contributed by atoms with Crippen molar-refractivity contribution in [2.45, 2.75) is 19.3 Å². The van der Waals surface area contributed by atoms with Crippen molar-refractivity contribution in [2.75, 3.05) is 44.2 Å². The lowest BCUT2D eigenvalue weighted by Gasteiger charge is -2.37. The second-order valence-corrected chi connectivity index (χ2v) is 9.73. The van der Waals surface area contributed by atoms with Crippen molar-refractivity contribution in [1.82, 2.24) is 14.8 Å². The maximum atomic E-state index is 13.0. The molecule has 0 spiro atoms. The largest absolute Gasteiger partial charge is 0.368 e. The first-order valence-corrected chi connectivity index (χ1v) is 11.6. The summed E-state index contributed by atoms with van der Waals surface area (Å²) in [6.07, 6.45) is 11.4. The van der Waals surface area contributed by atoms with Gasteiger partial charge in [-0.1, -0.05) is 12.2 Å². The number of nitrogens with zero attached hydrogens (tertiary/aromatic N) is 4. The highest BCUT2D eigenvalue weighted by molar-refractivity contribution is 6.06. The summed E-state index contributed by atoms with van der Waals surface area (Å²) in [7, 11) is 0. The first-order chi connectivity index (χ1) is 14.7. The quantitative estimate of drug-likeness (QED) is 0.411. The molecule has 2 saturated carbocycles. The maximum absolute atomic E-state index is 13.0. The predicted octanol–water partition coefficient (Wildman–Crippen LogP) is 2.04. The van der Waals surface area contributed by atoms with E-state index in [0.717, 1.165) is 45.6 Å². The summed E-state index contributed by atoms with van der Waals surface area (Å²) >= 11 is 0. The number of likely N-dealkylation sites (tertiary alicyclic amines) is 1. The molecule has 0 N–H and O–H groups in total. The number of carbonyl (C=O) groups excluding carboxylic acids is 2. The van der Waals surface area contributed by atoms with Crippen LogP contribution >= 0.6 is 0 Å². The molecule has 3 heterocycles. The van der Waals surface area contributed by atoms with Gasteiger partial charge in [-0.05, 0) is 61.6 Å². The Bertz CT molecular complexity index is 827. The zero-order chi connectivity index (χ0) is 20.2. The third kappa shape index (κ3) is 2.91. The van der Waals surface area contributed by atoms with Gasteiger partial charge >= 0.3 is 0 Å². The van der Waals surface area contributed by atoms with Crippen LogP contribution in [0.25, 0.3) is 0 Å². The third-order valence-electron chi connectivity index (χ3n) is 8.24. The Balaban J connectivity index is 0.974. The van der Waals surface area contributed by atoms with Crippen molar-refractivity contribution in [3.8, 4) is 0 Å². The number of rotatable bonds is 6. The highest BCUT2D eigenvalue weighted by Crippen LogP contribution is 2.65. The molecular weight excluding hydrogens is 376 g/mol. The minimum Gasteiger partial charge on any atom is -0.368 e. The molecule has 30 heavy (non-hydrogen) atoms. The lowest BCUT2D eigenvalue weighted by atomic mass is 9.63. The zero-order valence-electron chi connectivity index (χ0n) is 17.4. The van der Waals surface area contributed by atoms with Crippen molar-refractivity contribution in [2.24, 2.45) is 35.5 Å². The number of unbranched alkanes of at least 4 members (excludes halogenated alkanes) is 1. The number of amides is 2. The fourth-order valence-corrected chi connectivity index (χ4v) is 6.61. The number of piperazine rings is 1. The van der Waals surface area contributed by atoms with Gasteiger partial charge in [0.25, 0.3) is 0 Å². The first kappa shape index (κ1) is 18.6. The predicted molar refractivity (Wildman–Crippen MR) is 114 cm³/mol. The third-order valence-corrected chi connectivity index (χ3v) is 8.24. The van der Waals surface area contributed by atoms with Crippen LogP contribution in [-0.2, 0) is 9.59 Å². The van der Waals surface area contributed by atoms with Gasteiger partial charge < -0.3 is 4.90 Å².